The van der Waals surface area contributed by atoms with Gasteiger partial charge in [-0.15, -0.1) is 0 Å². The molecule has 22 heavy (non-hydrogen) atoms. The maximum absolute atomic E-state index is 12.3. The summed E-state index contributed by atoms with van der Waals surface area (Å²) >= 11 is 0. The fraction of sp³-hybridized carbons (Fsp3) is 0.611. The molecule has 0 radical (unpaired) electrons. The molecule has 0 saturated carbocycles. The Morgan fingerprint density at radius 3 is 2.95 bits per heavy atom. The summed E-state index contributed by atoms with van der Waals surface area (Å²) in [6.07, 6.45) is 3.87. The summed E-state index contributed by atoms with van der Waals surface area (Å²) in [5.74, 6) is -0.0974. The molecule has 1 aliphatic rings. The number of carbonyl (C=O) groups excluding carboxylic acids is 1. The van der Waals surface area contributed by atoms with Crippen molar-refractivity contribution in [3.63, 3.8) is 0 Å². The molecular formula is C18H27NO3. The van der Waals surface area contributed by atoms with Crippen LogP contribution in [-0.2, 0) is 20.7 Å². The molecule has 0 aromatic heterocycles. The number of aryl methyl sites for hydroxylation is 2. The van der Waals surface area contributed by atoms with Gasteiger partial charge in [0.05, 0.1) is 12.7 Å². The van der Waals surface area contributed by atoms with Crippen molar-refractivity contribution in [3.05, 3.63) is 29.3 Å². The molecule has 0 aliphatic carbocycles. The molecule has 1 aromatic carbocycles. The minimum Gasteiger partial charge on any atom is -0.376 e. The number of hydrogen-bond acceptors (Lipinski definition) is 3. The molecule has 1 saturated heterocycles. The summed E-state index contributed by atoms with van der Waals surface area (Å²) in [7, 11) is 0. The van der Waals surface area contributed by atoms with Gasteiger partial charge in [0.2, 0.25) is 0 Å². The highest BCUT2D eigenvalue weighted by Gasteiger charge is 2.20. The number of nitrogens with one attached hydrogen (secondary N) is 1. The summed E-state index contributed by atoms with van der Waals surface area (Å²) < 4.78 is 11.3. The third-order valence-corrected chi connectivity index (χ3v) is 4.16. The van der Waals surface area contributed by atoms with E-state index in [0.29, 0.717) is 6.61 Å². The Kier molecular flexibility index (Phi) is 6.40. The first-order chi connectivity index (χ1) is 10.6. The maximum atomic E-state index is 12.3. The van der Waals surface area contributed by atoms with E-state index in [-0.39, 0.29) is 12.0 Å². The summed E-state index contributed by atoms with van der Waals surface area (Å²) in [6.45, 7) is 7.18. The van der Waals surface area contributed by atoms with Crippen molar-refractivity contribution in [2.75, 3.05) is 18.5 Å². The van der Waals surface area contributed by atoms with E-state index in [1.54, 1.807) is 6.92 Å². The molecule has 1 fully saturated rings. The Labute approximate surface area is 133 Å². The summed E-state index contributed by atoms with van der Waals surface area (Å²) in [4.78, 5) is 12.3. The molecule has 2 atom stereocenters. The van der Waals surface area contributed by atoms with Crippen LogP contribution in [0.1, 0.15) is 44.2 Å². The van der Waals surface area contributed by atoms with Crippen LogP contribution in [0.5, 0.6) is 0 Å². The lowest BCUT2D eigenvalue weighted by Crippen LogP contribution is -2.33. The molecule has 0 bridgehead atoms. The van der Waals surface area contributed by atoms with Crippen LogP contribution in [0.4, 0.5) is 5.69 Å². The number of benzene rings is 1. The highest BCUT2D eigenvalue weighted by atomic mass is 16.5. The number of anilines is 1. The van der Waals surface area contributed by atoms with E-state index in [1.165, 1.54) is 6.42 Å². The lowest BCUT2D eigenvalue weighted by molar-refractivity contribution is -0.130. The second-order valence-electron chi connectivity index (χ2n) is 5.92. The molecule has 4 nitrogen and oxygen atoms in total. The van der Waals surface area contributed by atoms with Crippen molar-refractivity contribution in [3.8, 4) is 0 Å². The minimum atomic E-state index is -0.477. The van der Waals surface area contributed by atoms with Crippen molar-refractivity contribution < 1.29 is 14.3 Å². The van der Waals surface area contributed by atoms with Gasteiger partial charge >= 0.3 is 0 Å². The molecular weight excluding hydrogens is 278 g/mol. The van der Waals surface area contributed by atoms with Crippen LogP contribution in [0, 0.1) is 6.92 Å². The first-order valence-electron chi connectivity index (χ1n) is 8.24. The fourth-order valence-electron chi connectivity index (χ4n) is 2.69. The molecule has 1 heterocycles. The number of hydrogen-bond donors (Lipinski definition) is 1. The molecule has 1 amide bonds. The van der Waals surface area contributed by atoms with Crippen LogP contribution < -0.4 is 5.32 Å². The zero-order valence-corrected chi connectivity index (χ0v) is 13.9. The molecule has 1 aliphatic heterocycles. The third kappa shape index (κ3) is 4.55. The van der Waals surface area contributed by atoms with E-state index in [1.807, 2.05) is 25.1 Å². The Morgan fingerprint density at radius 2 is 2.27 bits per heavy atom. The Bertz CT molecular complexity index is 495. The van der Waals surface area contributed by atoms with Gasteiger partial charge in [-0.2, -0.15) is 0 Å². The van der Waals surface area contributed by atoms with Gasteiger partial charge in [-0.25, -0.2) is 0 Å². The lowest BCUT2D eigenvalue weighted by atomic mass is 10.1. The number of amides is 1. The van der Waals surface area contributed by atoms with Crippen molar-refractivity contribution in [2.24, 2.45) is 0 Å². The Balaban J connectivity index is 1.88. The van der Waals surface area contributed by atoms with Crippen molar-refractivity contribution in [1.29, 1.82) is 0 Å². The van der Waals surface area contributed by atoms with E-state index in [2.05, 4.69) is 12.2 Å². The molecule has 1 N–H and O–H groups in total. The van der Waals surface area contributed by atoms with Crippen LogP contribution in [-0.4, -0.2) is 31.3 Å². The van der Waals surface area contributed by atoms with Crippen LogP contribution in [0.25, 0.3) is 0 Å². The van der Waals surface area contributed by atoms with Crippen molar-refractivity contribution in [1.82, 2.24) is 0 Å². The number of rotatable bonds is 6. The second kappa shape index (κ2) is 8.30. The van der Waals surface area contributed by atoms with E-state index >= 15 is 0 Å². The lowest BCUT2D eigenvalue weighted by Gasteiger charge is -2.24. The SMILES string of the molecule is CCc1cccc(C)c1NC(=O)C(C)OCC1CCCCO1. The van der Waals surface area contributed by atoms with E-state index in [0.717, 1.165) is 42.7 Å². The molecule has 1 aromatic rings. The standard InChI is InChI=1S/C18H27NO3/c1-4-15-9-7-8-13(2)17(15)19-18(20)14(3)22-12-16-10-5-6-11-21-16/h7-9,14,16H,4-6,10-12H2,1-3H3,(H,19,20). The summed E-state index contributed by atoms with van der Waals surface area (Å²) in [5.41, 5.74) is 3.14. The minimum absolute atomic E-state index is 0.0974. The van der Waals surface area contributed by atoms with Gasteiger partial charge < -0.3 is 14.8 Å². The predicted octanol–water partition coefficient (Wildman–Crippen LogP) is 3.47. The molecule has 122 valence electrons. The highest BCUT2D eigenvalue weighted by molar-refractivity contribution is 5.95. The van der Waals surface area contributed by atoms with E-state index in [9.17, 15) is 4.79 Å². The molecule has 2 rings (SSSR count). The maximum Gasteiger partial charge on any atom is 0.253 e. The fourth-order valence-corrected chi connectivity index (χ4v) is 2.69. The van der Waals surface area contributed by atoms with Crippen LogP contribution >= 0.6 is 0 Å². The topological polar surface area (TPSA) is 47.6 Å². The first-order valence-corrected chi connectivity index (χ1v) is 8.24. The van der Waals surface area contributed by atoms with E-state index in [4.69, 9.17) is 9.47 Å². The number of ether oxygens (including phenoxy) is 2. The first kappa shape index (κ1) is 17.0. The Hall–Kier alpha value is -1.39. The van der Waals surface area contributed by atoms with Crippen LogP contribution in [0.2, 0.25) is 0 Å². The third-order valence-electron chi connectivity index (χ3n) is 4.16. The van der Waals surface area contributed by atoms with Crippen LogP contribution in [0.3, 0.4) is 0 Å². The van der Waals surface area contributed by atoms with Crippen LogP contribution in [0.15, 0.2) is 18.2 Å². The van der Waals surface area contributed by atoms with Gasteiger partial charge in [0.15, 0.2) is 0 Å². The van der Waals surface area contributed by atoms with Gasteiger partial charge in [-0.05, 0) is 50.7 Å². The Morgan fingerprint density at radius 1 is 1.45 bits per heavy atom. The average Bonchev–Trinajstić information content (AvgIpc) is 2.55. The molecule has 4 heteroatoms. The summed E-state index contributed by atoms with van der Waals surface area (Å²) in [5, 5.41) is 3.01. The van der Waals surface area contributed by atoms with Gasteiger partial charge in [0.1, 0.15) is 6.10 Å². The number of carbonyl (C=O) groups is 1. The van der Waals surface area contributed by atoms with Crippen molar-refractivity contribution >= 4 is 11.6 Å². The van der Waals surface area contributed by atoms with Gasteiger partial charge in [0, 0.05) is 12.3 Å². The zero-order valence-electron chi connectivity index (χ0n) is 13.9. The summed E-state index contributed by atoms with van der Waals surface area (Å²) in [6, 6.07) is 6.07. The average molecular weight is 305 g/mol. The molecule has 0 spiro atoms. The van der Waals surface area contributed by atoms with Gasteiger partial charge in [-0.1, -0.05) is 25.1 Å². The zero-order chi connectivity index (χ0) is 15.9. The van der Waals surface area contributed by atoms with Crippen molar-refractivity contribution in [2.45, 2.75) is 58.7 Å². The van der Waals surface area contributed by atoms with Gasteiger partial charge in [0.25, 0.3) is 5.91 Å². The largest absolute Gasteiger partial charge is 0.376 e. The quantitative estimate of drug-likeness (QED) is 0.875. The monoisotopic (exact) mass is 305 g/mol. The highest BCUT2D eigenvalue weighted by Crippen LogP contribution is 2.21. The predicted molar refractivity (Wildman–Crippen MR) is 88.2 cm³/mol. The number of para-hydroxylation sites is 1. The van der Waals surface area contributed by atoms with Gasteiger partial charge in [-0.3, -0.25) is 4.79 Å². The smallest absolute Gasteiger partial charge is 0.253 e. The molecule has 2 unspecified atom stereocenters. The second-order valence-corrected chi connectivity index (χ2v) is 5.92. The normalized spacial score (nSPS) is 19.7. The van der Waals surface area contributed by atoms with E-state index < -0.39 is 6.10 Å².